The number of benzene rings is 1. The van der Waals surface area contributed by atoms with Crippen LogP contribution in [0.2, 0.25) is 44.8 Å². The number of aliphatic hydroxyl groups is 1. The lowest BCUT2D eigenvalue weighted by Gasteiger charge is -2.32. The molecule has 263 valence electrons. The van der Waals surface area contributed by atoms with Crippen molar-refractivity contribution < 1.29 is 24.2 Å². The van der Waals surface area contributed by atoms with Gasteiger partial charge in [-0.15, -0.1) is 0 Å². The molecule has 1 aliphatic heterocycles. The van der Waals surface area contributed by atoms with Crippen LogP contribution in [0, 0.1) is 5.41 Å². The van der Waals surface area contributed by atoms with Crippen LogP contribution in [0.5, 0.6) is 0 Å². The smallest absolute Gasteiger partial charge is 0.246 e. The first-order chi connectivity index (χ1) is 22.8. The maximum absolute atomic E-state index is 13.3. The number of rotatable bonds is 15. The molecule has 3 aromatic rings. The summed E-state index contributed by atoms with van der Waals surface area (Å²) in [7, 11) is 0.137. The molecule has 2 aliphatic rings. The van der Waals surface area contributed by atoms with E-state index in [1.165, 1.54) is 5.56 Å². The van der Waals surface area contributed by atoms with Crippen LogP contribution in [0.1, 0.15) is 43.9 Å². The lowest BCUT2D eigenvalue weighted by Crippen LogP contribution is -2.43. The number of likely N-dealkylation sites (tertiary alicyclic amines) is 1. The Balaban J connectivity index is 1.50. The number of piperidine rings is 1. The zero-order chi connectivity index (χ0) is 34.6. The molecule has 1 aromatic carbocycles. The molecule has 0 spiro atoms. The highest BCUT2D eigenvalue weighted by Gasteiger charge is 2.35. The molecule has 2 amide bonds. The van der Waals surface area contributed by atoms with Gasteiger partial charge in [0.15, 0.2) is 0 Å². The Kier molecular flexibility index (Phi) is 11.7. The Morgan fingerprint density at radius 3 is 2.58 bits per heavy atom. The molecule has 2 aromatic heterocycles. The number of ether oxygens (including phenoxy) is 2. The number of hydrogen-bond donors (Lipinski definition) is 1. The van der Waals surface area contributed by atoms with E-state index in [2.05, 4.69) is 62.4 Å². The third-order valence-corrected chi connectivity index (χ3v) is 12.8. The Morgan fingerprint density at radius 2 is 1.88 bits per heavy atom. The number of nitrogens with zero attached hydrogens (tertiary/aromatic N) is 5. The molecule has 1 atom stereocenters. The van der Waals surface area contributed by atoms with E-state index in [0.717, 1.165) is 77.9 Å². The molecule has 0 bridgehead atoms. The second-order valence-corrected chi connectivity index (χ2v) is 24.2. The second kappa shape index (κ2) is 15.4. The van der Waals surface area contributed by atoms with Gasteiger partial charge in [-0.3, -0.25) is 9.59 Å². The molecule has 1 unspecified atom stereocenters. The van der Waals surface area contributed by atoms with Crippen molar-refractivity contribution in [3.05, 3.63) is 35.5 Å². The van der Waals surface area contributed by atoms with Crippen molar-refractivity contribution in [2.24, 2.45) is 5.41 Å². The molecule has 1 N–H and O–H groups in total. The van der Waals surface area contributed by atoms with E-state index in [-0.39, 0.29) is 30.4 Å². The highest BCUT2D eigenvalue weighted by molar-refractivity contribution is 6.76. The fourth-order valence-electron chi connectivity index (χ4n) is 6.55. The predicted molar refractivity (Wildman–Crippen MR) is 197 cm³/mol. The molecule has 12 heteroatoms. The molecular weight excluding hydrogens is 639 g/mol. The molecule has 48 heavy (non-hydrogen) atoms. The van der Waals surface area contributed by atoms with E-state index in [0.29, 0.717) is 39.6 Å². The van der Waals surface area contributed by atoms with Gasteiger partial charge in [0, 0.05) is 79.0 Å². The van der Waals surface area contributed by atoms with Gasteiger partial charge in [0.2, 0.25) is 11.8 Å². The predicted octanol–water partition coefficient (Wildman–Crippen LogP) is 6.01. The average Bonchev–Trinajstić information content (AvgIpc) is 3.58. The highest BCUT2D eigenvalue weighted by atomic mass is 28.3. The van der Waals surface area contributed by atoms with Gasteiger partial charge in [0.25, 0.3) is 0 Å². The summed E-state index contributed by atoms with van der Waals surface area (Å²) in [5.74, 6) is -0.0464. The minimum Gasteiger partial charge on any atom is -0.396 e. The Labute approximate surface area is 289 Å². The topological polar surface area (TPSA) is 102 Å². The monoisotopic (exact) mass is 694 g/mol. The second-order valence-electron chi connectivity index (χ2n) is 15.7. The van der Waals surface area contributed by atoms with Gasteiger partial charge in [-0.05, 0) is 67.8 Å². The highest BCUT2D eigenvalue weighted by Crippen LogP contribution is 2.41. The number of carbonyl (C=O) groups excluding carboxylic acids is 2. The molecular formula is C36H56N5O5Si2. The van der Waals surface area contributed by atoms with Crippen molar-refractivity contribution in [1.29, 1.82) is 0 Å². The lowest BCUT2D eigenvalue weighted by atomic mass is 9.75. The molecule has 1 saturated heterocycles. The lowest BCUT2D eigenvalue weighted by molar-refractivity contribution is -0.137. The molecule has 1 aliphatic carbocycles. The van der Waals surface area contributed by atoms with E-state index in [9.17, 15) is 14.7 Å². The van der Waals surface area contributed by atoms with Crippen LogP contribution in [-0.4, -0.2) is 93.0 Å². The van der Waals surface area contributed by atoms with Gasteiger partial charge in [-0.25, -0.2) is 4.68 Å². The summed E-state index contributed by atoms with van der Waals surface area (Å²) in [4.78, 5) is 29.1. The SMILES string of the molecule is CN(C(=O)CN1CCCCC1=O)c1ccc2cc(-c3nn(COCC[Si](C)(C)C)c4c3CCC(C)(CO)C4)n(COCC[Si](C)C)c2c1. The minimum absolute atomic E-state index is 0.0567. The van der Waals surface area contributed by atoms with Crippen molar-refractivity contribution >= 4 is 45.3 Å². The Bertz CT molecular complexity index is 1600. The van der Waals surface area contributed by atoms with Gasteiger partial charge < -0.3 is 28.9 Å². The normalized spacial score (nSPS) is 18.6. The molecule has 10 nitrogen and oxygen atoms in total. The molecule has 1 radical (unpaired) electrons. The number of aliphatic hydroxyl groups excluding tert-OH is 1. The molecule has 0 saturated carbocycles. The minimum atomic E-state index is -1.23. The van der Waals surface area contributed by atoms with Crippen molar-refractivity contribution in [2.75, 3.05) is 44.9 Å². The van der Waals surface area contributed by atoms with Crippen LogP contribution >= 0.6 is 0 Å². The largest absolute Gasteiger partial charge is 0.396 e. The average molecular weight is 695 g/mol. The summed E-state index contributed by atoms with van der Waals surface area (Å²) in [6, 6.07) is 10.4. The number of carbonyl (C=O) groups is 2. The zero-order valence-corrected chi connectivity index (χ0v) is 32.2. The van der Waals surface area contributed by atoms with Gasteiger partial charge >= 0.3 is 0 Å². The van der Waals surface area contributed by atoms with Crippen LogP contribution < -0.4 is 4.90 Å². The summed E-state index contributed by atoms with van der Waals surface area (Å²) in [5.41, 5.74) is 5.83. The number of hydrogen-bond acceptors (Lipinski definition) is 6. The number of fused-ring (bicyclic) bond motifs is 2. The van der Waals surface area contributed by atoms with E-state index < -0.39 is 16.9 Å². The maximum atomic E-state index is 13.3. The summed E-state index contributed by atoms with van der Waals surface area (Å²) < 4.78 is 16.7. The van der Waals surface area contributed by atoms with Crippen LogP contribution in [0.3, 0.4) is 0 Å². The first kappa shape index (κ1) is 36.5. The van der Waals surface area contributed by atoms with Gasteiger partial charge in [-0.2, -0.15) is 5.10 Å². The first-order valence-electron chi connectivity index (χ1n) is 17.6. The maximum Gasteiger partial charge on any atom is 0.246 e. The van der Waals surface area contributed by atoms with Crippen LogP contribution in [-0.2, 0) is 45.4 Å². The van der Waals surface area contributed by atoms with E-state index in [1.807, 2.05) is 10.7 Å². The third-order valence-electron chi connectivity index (χ3n) is 9.94. The van der Waals surface area contributed by atoms with Gasteiger partial charge in [0.1, 0.15) is 25.7 Å². The van der Waals surface area contributed by atoms with E-state index in [1.54, 1.807) is 16.8 Å². The number of aromatic nitrogens is 3. The van der Waals surface area contributed by atoms with Gasteiger partial charge in [0.05, 0.1) is 11.2 Å². The number of likely N-dealkylation sites (N-methyl/N-ethyl adjacent to an activating group) is 1. The van der Waals surface area contributed by atoms with Crippen LogP contribution in [0.15, 0.2) is 24.3 Å². The Hall–Kier alpha value is -2.78. The van der Waals surface area contributed by atoms with Crippen molar-refractivity contribution in [3.63, 3.8) is 0 Å². The van der Waals surface area contributed by atoms with Crippen molar-refractivity contribution in [1.82, 2.24) is 19.2 Å². The van der Waals surface area contributed by atoms with Crippen molar-refractivity contribution in [3.8, 4) is 11.4 Å². The first-order valence-corrected chi connectivity index (χ1v) is 24.0. The van der Waals surface area contributed by atoms with E-state index >= 15 is 0 Å². The third kappa shape index (κ3) is 8.68. The summed E-state index contributed by atoms with van der Waals surface area (Å²) in [5, 5.41) is 16.5. The van der Waals surface area contributed by atoms with Crippen molar-refractivity contribution in [2.45, 2.75) is 104 Å². The van der Waals surface area contributed by atoms with Gasteiger partial charge in [-0.1, -0.05) is 45.7 Å². The Morgan fingerprint density at radius 1 is 1.10 bits per heavy atom. The number of amides is 2. The molecule has 1 fully saturated rings. The molecule has 3 heterocycles. The quantitative estimate of drug-likeness (QED) is 0.155. The standard InChI is InChI=1S/C36H56N5O5Si2/c1-36(24-42)14-13-29-32(22-36)41(26-46-17-19-48(5,6)7)37-35(29)31-20-27-11-12-28(21-30(27)40(31)25-45-16-18-47(3)4)38(2)34(44)23-39-15-9-8-10-33(39)43/h11-12,20-21,42H,8-10,13-19,22-26H2,1-7H3. The van der Waals surface area contributed by atoms with Crippen LogP contribution in [0.25, 0.3) is 22.3 Å². The summed E-state index contributed by atoms with van der Waals surface area (Å²) >= 11 is 0. The summed E-state index contributed by atoms with van der Waals surface area (Å²) in [6.45, 7) is 16.9. The summed E-state index contributed by atoms with van der Waals surface area (Å²) in [6.07, 6.45) is 4.80. The van der Waals surface area contributed by atoms with E-state index in [4.69, 9.17) is 14.6 Å². The van der Waals surface area contributed by atoms with Crippen LogP contribution in [0.4, 0.5) is 5.69 Å². The fourth-order valence-corrected chi connectivity index (χ4v) is 7.86. The number of anilines is 1. The zero-order valence-electron chi connectivity index (χ0n) is 30.2. The fraction of sp³-hybridized carbons (Fsp3) is 0.639. The molecule has 5 rings (SSSR count).